The van der Waals surface area contributed by atoms with Gasteiger partial charge in [0.2, 0.25) is 0 Å². The first-order valence-electron chi connectivity index (χ1n) is 8.17. The lowest BCUT2D eigenvalue weighted by molar-refractivity contribution is -0.138. The molecule has 1 aliphatic heterocycles. The number of rotatable bonds is 4. The van der Waals surface area contributed by atoms with Crippen molar-refractivity contribution in [3.05, 3.63) is 44.0 Å². The predicted octanol–water partition coefficient (Wildman–Crippen LogP) is 0.676. The van der Waals surface area contributed by atoms with Crippen molar-refractivity contribution >= 4 is 18.6 Å². The molecule has 0 radical (unpaired) electrons. The summed E-state index contributed by atoms with van der Waals surface area (Å²) < 4.78 is 57.7. The van der Waals surface area contributed by atoms with Crippen LogP contribution in [0.1, 0.15) is 11.1 Å². The van der Waals surface area contributed by atoms with Crippen LogP contribution < -0.4 is 11.1 Å². The van der Waals surface area contributed by atoms with Gasteiger partial charge in [-0.2, -0.15) is 13.2 Å². The van der Waals surface area contributed by atoms with Crippen molar-refractivity contribution in [3.63, 3.8) is 0 Å². The Hall–Kier alpha value is -1.98. The molecule has 0 spiro atoms. The van der Waals surface area contributed by atoms with E-state index in [0.29, 0.717) is 36.9 Å². The van der Waals surface area contributed by atoms with E-state index >= 15 is 0 Å². The number of H-pyrrole nitrogens is 1. The van der Waals surface area contributed by atoms with Crippen LogP contribution in [0.25, 0.3) is 11.0 Å². The zero-order valence-electron chi connectivity index (χ0n) is 14.4. The molecule has 1 fully saturated rings. The van der Waals surface area contributed by atoms with E-state index in [9.17, 15) is 37.1 Å². The smallest absolute Gasteiger partial charge is 0.379 e. The Morgan fingerprint density at radius 2 is 1.82 bits per heavy atom. The second kappa shape index (κ2) is 7.45. The molecule has 3 N–H and O–H groups in total. The minimum absolute atomic E-state index is 0.0998. The largest absolute Gasteiger partial charge is 0.416 e. The van der Waals surface area contributed by atoms with Crippen molar-refractivity contribution in [1.82, 2.24) is 14.5 Å². The van der Waals surface area contributed by atoms with Crippen molar-refractivity contribution in [3.8, 4) is 0 Å². The number of benzene rings is 1. The van der Waals surface area contributed by atoms with Gasteiger partial charge in [-0.15, -0.1) is 0 Å². The molecule has 2 aromatic rings. The summed E-state index contributed by atoms with van der Waals surface area (Å²) >= 11 is 0. The zero-order chi connectivity index (χ0) is 20.7. The van der Waals surface area contributed by atoms with Crippen LogP contribution in [-0.2, 0) is 28.3 Å². The number of nitrogens with one attached hydrogen (secondary N) is 1. The zero-order valence-corrected chi connectivity index (χ0v) is 15.3. The number of alkyl halides is 3. The monoisotopic (exact) mass is 423 g/mol. The number of fused-ring (bicyclic) bond motifs is 1. The highest BCUT2D eigenvalue weighted by Crippen LogP contribution is 2.38. The molecule has 0 bridgehead atoms. The molecular formula is C15H17F3N3O6P. The Kier molecular flexibility index (Phi) is 5.52. The van der Waals surface area contributed by atoms with Gasteiger partial charge in [0.15, 0.2) is 0 Å². The van der Waals surface area contributed by atoms with Crippen LogP contribution in [0.2, 0.25) is 0 Å². The summed E-state index contributed by atoms with van der Waals surface area (Å²) in [6.45, 7) is 1.46. The second-order valence-corrected chi connectivity index (χ2v) is 8.02. The molecule has 0 atom stereocenters. The van der Waals surface area contributed by atoms with Gasteiger partial charge >= 0.3 is 24.9 Å². The summed E-state index contributed by atoms with van der Waals surface area (Å²) in [5.41, 5.74) is -4.22. The molecule has 3 rings (SSSR count). The van der Waals surface area contributed by atoms with Gasteiger partial charge in [-0.1, -0.05) is 0 Å². The molecule has 2 heterocycles. The summed E-state index contributed by atoms with van der Waals surface area (Å²) in [6.07, 6.45) is -5.84. The van der Waals surface area contributed by atoms with Gasteiger partial charge in [0, 0.05) is 19.6 Å². The normalized spacial score (nSPS) is 16.6. The maximum atomic E-state index is 13.6. The predicted molar refractivity (Wildman–Crippen MR) is 92.0 cm³/mol. The highest BCUT2D eigenvalue weighted by Gasteiger charge is 2.35. The lowest BCUT2D eigenvalue weighted by Crippen LogP contribution is -2.37. The van der Waals surface area contributed by atoms with Crippen LogP contribution in [0.15, 0.2) is 21.7 Å². The molecular weight excluding hydrogens is 406 g/mol. The van der Waals surface area contributed by atoms with E-state index in [1.54, 1.807) is 4.90 Å². The summed E-state index contributed by atoms with van der Waals surface area (Å²) in [5, 5.41) is 0. The quantitative estimate of drug-likeness (QED) is 0.488. The van der Waals surface area contributed by atoms with Crippen molar-refractivity contribution < 1.29 is 32.3 Å². The van der Waals surface area contributed by atoms with Crippen LogP contribution in [0, 0.1) is 0 Å². The van der Waals surface area contributed by atoms with Gasteiger partial charge in [0.05, 0.1) is 29.8 Å². The average Bonchev–Trinajstić information content (AvgIpc) is 2.58. The van der Waals surface area contributed by atoms with E-state index in [2.05, 4.69) is 4.98 Å². The van der Waals surface area contributed by atoms with Crippen LogP contribution in [0.5, 0.6) is 0 Å². The highest BCUT2D eigenvalue weighted by molar-refractivity contribution is 7.50. The van der Waals surface area contributed by atoms with Crippen molar-refractivity contribution in [2.24, 2.45) is 0 Å². The molecule has 1 aromatic carbocycles. The Balaban J connectivity index is 2.23. The van der Waals surface area contributed by atoms with Crippen molar-refractivity contribution in [2.75, 3.05) is 26.3 Å². The van der Waals surface area contributed by atoms with Crippen LogP contribution in [-0.4, -0.2) is 50.5 Å². The Morgan fingerprint density at radius 1 is 1.18 bits per heavy atom. The molecule has 0 amide bonds. The summed E-state index contributed by atoms with van der Waals surface area (Å²) in [4.78, 5) is 46.0. The van der Waals surface area contributed by atoms with Gasteiger partial charge in [0.1, 0.15) is 6.29 Å². The summed E-state index contributed by atoms with van der Waals surface area (Å²) in [7, 11) is -4.77. The maximum absolute atomic E-state index is 13.6. The number of halogens is 3. The minimum atomic E-state index is -4.77. The third-order valence-electron chi connectivity index (χ3n) is 4.33. The molecule has 1 aromatic heterocycles. The first kappa shape index (κ1) is 20.7. The van der Waals surface area contributed by atoms with E-state index in [0.717, 1.165) is 6.07 Å². The van der Waals surface area contributed by atoms with Gasteiger partial charge in [-0.3, -0.25) is 23.6 Å². The fraction of sp³-hybridized carbons (Fsp3) is 0.467. The lowest BCUT2D eigenvalue weighted by atomic mass is 10.0. The molecule has 154 valence electrons. The number of ether oxygens (including phenoxy) is 1. The number of nitrogens with zero attached hydrogens (tertiary/aromatic N) is 2. The Morgan fingerprint density at radius 3 is 2.39 bits per heavy atom. The molecule has 0 saturated carbocycles. The number of morpholine rings is 1. The topological polar surface area (TPSA) is 125 Å². The molecule has 0 unspecified atom stereocenters. The van der Waals surface area contributed by atoms with E-state index in [1.165, 1.54) is 0 Å². The number of hydrogen-bond acceptors (Lipinski definition) is 5. The van der Waals surface area contributed by atoms with Crippen LogP contribution in [0.3, 0.4) is 0 Å². The number of aromatic amines is 1. The fourth-order valence-corrected chi connectivity index (χ4v) is 3.73. The fourth-order valence-electron chi connectivity index (χ4n) is 3.08. The summed E-state index contributed by atoms with van der Waals surface area (Å²) in [5.74, 6) is 0. The van der Waals surface area contributed by atoms with Gasteiger partial charge in [-0.05, 0) is 17.7 Å². The lowest BCUT2D eigenvalue weighted by Gasteiger charge is -2.28. The Labute approximate surface area is 155 Å². The summed E-state index contributed by atoms with van der Waals surface area (Å²) in [6, 6.07) is 1.72. The first-order valence-corrected chi connectivity index (χ1v) is 9.97. The maximum Gasteiger partial charge on any atom is 0.416 e. The van der Waals surface area contributed by atoms with Gasteiger partial charge in [0.25, 0.3) is 0 Å². The first-order chi connectivity index (χ1) is 13.0. The SMILES string of the molecule is O=c1[nH]c2cc(C(F)(F)F)c(CN3CCOCC3)cc2n(CP(=O)(O)O)c1=O. The van der Waals surface area contributed by atoms with Crippen molar-refractivity contribution in [2.45, 2.75) is 19.0 Å². The molecule has 1 aliphatic rings. The molecule has 13 heteroatoms. The highest BCUT2D eigenvalue weighted by atomic mass is 31.2. The third-order valence-corrected chi connectivity index (χ3v) is 4.98. The number of hydrogen-bond donors (Lipinski definition) is 3. The standard InChI is InChI=1S/C15H17F3N3O6P/c16-15(17,18)10-6-11-12(5-9(10)7-20-1-3-27-4-2-20)21(8-28(24,25)26)14(23)13(22)19-11/h5-6H,1-4,7-8H2,(H,19,22)(H2,24,25,26). The van der Waals surface area contributed by atoms with E-state index in [-0.39, 0.29) is 23.1 Å². The van der Waals surface area contributed by atoms with Crippen LogP contribution in [0.4, 0.5) is 13.2 Å². The van der Waals surface area contributed by atoms with Gasteiger partial charge in [-0.25, -0.2) is 0 Å². The molecule has 9 nitrogen and oxygen atoms in total. The molecule has 0 aliphatic carbocycles. The Bertz CT molecular complexity index is 1050. The third kappa shape index (κ3) is 4.53. The van der Waals surface area contributed by atoms with E-state index in [4.69, 9.17) is 4.74 Å². The van der Waals surface area contributed by atoms with E-state index in [1.807, 2.05) is 0 Å². The van der Waals surface area contributed by atoms with Crippen molar-refractivity contribution in [1.29, 1.82) is 0 Å². The van der Waals surface area contributed by atoms with E-state index < -0.39 is 36.7 Å². The number of aromatic nitrogens is 2. The van der Waals surface area contributed by atoms with Crippen LogP contribution >= 0.6 is 7.60 Å². The minimum Gasteiger partial charge on any atom is -0.379 e. The second-order valence-electron chi connectivity index (χ2n) is 6.41. The average molecular weight is 423 g/mol. The molecule has 28 heavy (non-hydrogen) atoms. The van der Waals surface area contributed by atoms with Gasteiger partial charge < -0.3 is 19.5 Å². The molecule has 1 saturated heterocycles.